The first kappa shape index (κ1) is 37.1. The zero-order valence-corrected chi connectivity index (χ0v) is 22.0. The Balaban J connectivity index is -0.0000000178. The fourth-order valence-electron chi connectivity index (χ4n) is 0. The third-order valence-corrected chi connectivity index (χ3v) is 0. The Morgan fingerprint density at radius 1 is 0.571 bits per heavy atom. The van der Waals surface area contributed by atoms with Gasteiger partial charge in [-0.15, -0.1) is 0 Å². The van der Waals surface area contributed by atoms with Crippen LogP contribution < -0.4 is 184 Å². The van der Waals surface area contributed by atoms with E-state index in [-0.39, 0.29) is 195 Å². The van der Waals surface area contributed by atoms with Gasteiger partial charge in [-0.3, -0.25) is 0 Å². The first-order valence-electron chi connectivity index (χ1n) is 1.46. The summed E-state index contributed by atoms with van der Waals surface area (Å²) in [4.78, 5) is 51.3. The standard InChI is InChI=1S/3K.Nd.2H3O4P/c;;;;2*1-5(2,3)4/h;;;;2*(H3,1,2,3,4)/q3*+1;+3;;/p-6. The van der Waals surface area contributed by atoms with Crippen LogP contribution in [0.25, 0.3) is 0 Å². The number of hydrogen-bond acceptors (Lipinski definition) is 8. The second-order valence-electron chi connectivity index (χ2n) is 0.894. The summed E-state index contributed by atoms with van der Waals surface area (Å²) in [5.41, 5.74) is 0. The Hall–Kier alpha value is 6.48. The molecule has 14 heteroatoms. The van der Waals surface area contributed by atoms with Crippen LogP contribution in [0.2, 0.25) is 0 Å². The van der Waals surface area contributed by atoms with E-state index < -0.39 is 15.6 Å². The van der Waals surface area contributed by atoms with E-state index in [0.29, 0.717) is 0 Å². The molecule has 1 radical (unpaired) electrons. The molecule has 0 fully saturated rings. The van der Waals surface area contributed by atoms with E-state index in [1.165, 1.54) is 0 Å². The Labute approximate surface area is 241 Å². The molecule has 0 aliphatic rings. The summed E-state index contributed by atoms with van der Waals surface area (Å²) >= 11 is 0. The van der Waals surface area contributed by atoms with Gasteiger partial charge in [0.1, 0.15) is 0 Å². The maximum atomic E-state index is 8.55. The normalized spacial score (nSPS) is 8.43. The van der Waals surface area contributed by atoms with Crippen LogP contribution in [0.5, 0.6) is 0 Å². The van der Waals surface area contributed by atoms with Crippen LogP contribution >= 0.6 is 15.6 Å². The van der Waals surface area contributed by atoms with Gasteiger partial charge in [0, 0.05) is 0 Å². The van der Waals surface area contributed by atoms with Crippen molar-refractivity contribution in [2.45, 2.75) is 0 Å². The van der Waals surface area contributed by atoms with Crippen molar-refractivity contribution in [1.82, 2.24) is 0 Å². The average Bonchev–Trinajstić information content (AvgIpc) is 1.12. The molecule has 0 saturated heterocycles. The number of hydrogen-bond donors (Lipinski definition) is 0. The maximum absolute atomic E-state index is 8.55. The summed E-state index contributed by atoms with van der Waals surface area (Å²) in [5.74, 6) is 0. The van der Waals surface area contributed by atoms with Gasteiger partial charge in [0.15, 0.2) is 0 Å². The van der Waals surface area contributed by atoms with Gasteiger partial charge in [0.05, 0.1) is 0 Å². The molecule has 0 amide bonds. The molecule has 0 heterocycles. The zero-order chi connectivity index (χ0) is 9.00. The van der Waals surface area contributed by atoms with Gasteiger partial charge in [-0.1, -0.05) is 0 Å². The quantitative estimate of drug-likeness (QED) is 0.258. The third-order valence-electron chi connectivity index (χ3n) is 0. The molecular weight excluding hydrogens is 451 g/mol. The van der Waals surface area contributed by atoms with E-state index in [2.05, 4.69) is 0 Å². The molecule has 0 N–H and O–H groups in total. The molecule has 0 aromatic rings. The van der Waals surface area contributed by atoms with E-state index in [9.17, 15) is 0 Å². The Morgan fingerprint density at radius 2 is 0.571 bits per heavy atom. The number of phosphoric acid groups is 2. The minimum absolute atomic E-state index is 0. The molecule has 0 saturated carbocycles. The molecule has 0 aliphatic heterocycles. The Bertz CT molecular complexity index is 135. The molecule has 0 rings (SSSR count). The predicted molar refractivity (Wildman–Crippen MR) is 15.2 cm³/mol. The van der Waals surface area contributed by atoms with Crippen molar-refractivity contribution in [3.05, 3.63) is 0 Å². The molecule has 0 aliphatic carbocycles. The zero-order valence-electron chi connectivity index (χ0n) is 7.66. The van der Waals surface area contributed by atoms with Crippen molar-refractivity contribution in [2.75, 3.05) is 0 Å². The van der Waals surface area contributed by atoms with Crippen molar-refractivity contribution in [3.63, 3.8) is 0 Å². The second-order valence-corrected chi connectivity index (χ2v) is 2.68. The van der Waals surface area contributed by atoms with E-state index in [1.807, 2.05) is 0 Å². The molecule has 14 heavy (non-hydrogen) atoms. The minimum Gasteiger partial charge on any atom is -0.822 e. The molecule has 0 aromatic carbocycles. The summed E-state index contributed by atoms with van der Waals surface area (Å²) in [7, 11) is -10.8. The van der Waals surface area contributed by atoms with E-state index in [0.717, 1.165) is 0 Å². The minimum atomic E-state index is -5.39. The van der Waals surface area contributed by atoms with Gasteiger partial charge in [-0.2, -0.15) is 15.6 Å². The van der Waals surface area contributed by atoms with Crippen LogP contribution in [-0.4, -0.2) is 0 Å². The second kappa shape index (κ2) is 19.5. The molecule has 0 aromatic heterocycles. The predicted octanol–water partition coefficient (Wildman–Crippen LogP) is -14.6. The third kappa shape index (κ3) is 134. The smallest absolute Gasteiger partial charge is 0.822 e. The molecule has 65 valence electrons. The maximum Gasteiger partial charge on any atom is 3.00 e. The van der Waals surface area contributed by atoms with Crippen LogP contribution in [0, 0.1) is 40.8 Å². The molecule has 0 bridgehead atoms. The van der Waals surface area contributed by atoms with Gasteiger partial charge in [-0.25, -0.2) is 0 Å². The number of rotatable bonds is 0. The van der Waals surface area contributed by atoms with Crippen molar-refractivity contribution < 1.29 is 233 Å². The first-order chi connectivity index (χ1) is 4.00. The van der Waals surface area contributed by atoms with Crippen LogP contribution in [0.4, 0.5) is 0 Å². The van der Waals surface area contributed by atoms with Crippen LogP contribution in [0.15, 0.2) is 0 Å². The van der Waals surface area contributed by atoms with Gasteiger partial charge >= 0.3 is 195 Å². The summed E-state index contributed by atoms with van der Waals surface area (Å²) in [6.45, 7) is 0. The fraction of sp³-hybridized carbons (Fsp3) is 0. The molecule has 0 unspecified atom stereocenters. The van der Waals surface area contributed by atoms with E-state index in [4.69, 9.17) is 38.5 Å². The van der Waals surface area contributed by atoms with Crippen LogP contribution in [0.1, 0.15) is 0 Å². The van der Waals surface area contributed by atoms with Crippen molar-refractivity contribution in [3.8, 4) is 0 Å². The largest absolute Gasteiger partial charge is 3.00 e. The average molecular weight is 451 g/mol. The van der Waals surface area contributed by atoms with Gasteiger partial charge < -0.3 is 38.5 Å². The van der Waals surface area contributed by atoms with Gasteiger partial charge in [0.2, 0.25) is 0 Å². The van der Waals surface area contributed by atoms with Gasteiger partial charge in [0.25, 0.3) is 0 Å². The summed E-state index contributed by atoms with van der Waals surface area (Å²) in [5, 5.41) is 0. The Kier molecular flexibility index (Phi) is 51.6. The van der Waals surface area contributed by atoms with Gasteiger partial charge in [-0.05, 0) is 0 Å². The van der Waals surface area contributed by atoms with Crippen molar-refractivity contribution in [2.24, 2.45) is 0 Å². The first-order valence-corrected chi connectivity index (χ1v) is 4.38. The fourth-order valence-corrected chi connectivity index (χ4v) is 0. The molecular formula is K3NdO8P2. The SMILES string of the molecule is O=P([O-])([O-])[O-].O=P([O-])([O-])[O-].[K+].[K+].[K+].[Nd+3]. The summed E-state index contributed by atoms with van der Waals surface area (Å²) in [6.07, 6.45) is 0. The molecule has 8 nitrogen and oxygen atoms in total. The Morgan fingerprint density at radius 3 is 0.571 bits per heavy atom. The monoisotopic (exact) mass is 449 g/mol. The van der Waals surface area contributed by atoms with Crippen molar-refractivity contribution in [1.29, 1.82) is 0 Å². The van der Waals surface area contributed by atoms with Crippen LogP contribution in [0.3, 0.4) is 0 Å². The van der Waals surface area contributed by atoms with Crippen molar-refractivity contribution >= 4 is 15.6 Å². The van der Waals surface area contributed by atoms with E-state index >= 15 is 0 Å². The van der Waals surface area contributed by atoms with Crippen LogP contribution in [-0.2, 0) is 9.13 Å². The topological polar surface area (TPSA) is 172 Å². The molecule has 0 spiro atoms. The van der Waals surface area contributed by atoms with E-state index in [1.54, 1.807) is 0 Å². The summed E-state index contributed by atoms with van der Waals surface area (Å²) < 4.78 is 17.1. The molecule has 0 atom stereocenters. The summed E-state index contributed by atoms with van der Waals surface area (Å²) in [6, 6.07) is 0.